The van der Waals surface area contributed by atoms with Crippen molar-refractivity contribution in [1.82, 2.24) is 5.32 Å². The van der Waals surface area contributed by atoms with Crippen molar-refractivity contribution in [2.24, 2.45) is 0 Å². The molecule has 2 heterocycles. The summed E-state index contributed by atoms with van der Waals surface area (Å²) in [4.78, 5) is 13.0. The molecule has 0 radical (unpaired) electrons. The molecular weight excluding hydrogens is 284 g/mol. The van der Waals surface area contributed by atoms with E-state index in [2.05, 4.69) is 5.32 Å². The summed E-state index contributed by atoms with van der Waals surface area (Å²) in [6, 6.07) is 9.45. The van der Waals surface area contributed by atoms with Gasteiger partial charge in [-0.05, 0) is 37.6 Å². The van der Waals surface area contributed by atoms with Crippen LogP contribution in [-0.4, -0.2) is 5.91 Å². The topological polar surface area (TPSA) is 68.3 Å². The van der Waals surface area contributed by atoms with Crippen molar-refractivity contribution in [2.45, 2.75) is 19.9 Å². The highest BCUT2D eigenvalue weighted by Crippen LogP contribution is 2.34. The van der Waals surface area contributed by atoms with Crippen molar-refractivity contribution in [1.29, 1.82) is 0 Å². The van der Waals surface area contributed by atoms with E-state index in [4.69, 9.17) is 10.2 Å². The summed E-state index contributed by atoms with van der Waals surface area (Å²) in [5.74, 6) is 0.550. The van der Waals surface area contributed by atoms with Crippen LogP contribution in [0.15, 0.2) is 41.0 Å². The van der Waals surface area contributed by atoms with Crippen LogP contribution in [0.25, 0.3) is 10.1 Å². The molecule has 3 rings (SSSR count). The SMILES string of the molecule is Cc1ccc2c(N)c(C(=O)NC(C)c3ccco3)sc2c1. The van der Waals surface area contributed by atoms with Crippen LogP contribution in [0.1, 0.15) is 34.0 Å². The third kappa shape index (κ3) is 2.52. The Kier molecular flexibility index (Phi) is 3.43. The fourth-order valence-corrected chi connectivity index (χ4v) is 3.39. The molecule has 1 amide bonds. The first-order valence-corrected chi connectivity index (χ1v) is 7.51. The number of nitrogens with one attached hydrogen (secondary N) is 1. The number of amides is 1. The number of hydrogen-bond acceptors (Lipinski definition) is 4. The van der Waals surface area contributed by atoms with Gasteiger partial charge < -0.3 is 15.5 Å². The molecule has 0 saturated carbocycles. The minimum Gasteiger partial charge on any atom is -0.467 e. The Labute approximate surface area is 126 Å². The number of anilines is 1. The molecule has 1 unspecified atom stereocenters. The van der Waals surface area contributed by atoms with Crippen LogP contribution in [-0.2, 0) is 0 Å². The zero-order valence-corrected chi connectivity index (χ0v) is 12.7. The van der Waals surface area contributed by atoms with Crippen molar-refractivity contribution >= 4 is 33.0 Å². The van der Waals surface area contributed by atoms with E-state index in [1.54, 1.807) is 12.3 Å². The standard InChI is InChI=1S/C16H16N2O2S/c1-9-5-6-11-13(8-9)21-15(14(11)17)16(19)18-10(2)12-4-3-7-20-12/h3-8,10H,17H2,1-2H3,(H,18,19). The van der Waals surface area contributed by atoms with Crippen LogP contribution in [0.4, 0.5) is 5.69 Å². The number of nitrogens with two attached hydrogens (primary N) is 1. The van der Waals surface area contributed by atoms with Crippen molar-refractivity contribution in [3.8, 4) is 0 Å². The van der Waals surface area contributed by atoms with Gasteiger partial charge in [0.25, 0.3) is 5.91 Å². The molecule has 4 nitrogen and oxygen atoms in total. The molecule has 2 aromatic heterocycles. The fourth-order valence-electron chi connectivity index (χ4n) is 2.26. The number of aryl methyl sites for hydroxylation is 1. The molecule has 108 valence electrons. The van der Waals surface area contributed by atoms with Crippen LogP contribution in [0, 0.1) is 6.92 Å². The lowest BCUT2D eigenvalue weighted by molar-refractivity contribution is 0.0940. The molecule has 0 spiro atoms. The third-order valence-corrected chi connectivity index (χ3v) is 4.57. The smallest absolute Gasteiger partial charge is 0.264 e. The first-order chi connectivity index (χ1) is 10.1. The molecule has 5 heteroatoms. The van der Waals surface area contributed by atoms with Crippen LogP contribution in [0.2, 0.25) is 0 Å². The maximum Gasteiger partial charge on any atom is 0.264 e. The molecule has 0 aliphatic carbocycles. The second-order valence-corrected chi connectivity index (χ2v) is 6.11. The minimum absolute atomic E-state index is 0.171. The quantitative estimate of drug-likeness (QED) is 0.771. The van der Waals surface area contributed by atoms with Crippen molar-refractivity contribution in [3.05, 3.63) is 52.8 Å². The largest absolute Gasteiger partial charge is 0.467 e. The normalized spacial score (nSPS) is 12.5. The zero-order valence-electron chi connectivity index (χ0n) is 11.8. The highest BCUT2D eigenvalue weighted by molar-refractivity contribution is 7.21. The van der Waals surface area contributed by atoms with E-state index in [1.807, 2.05) is 38.1 Å². The van der Waals surface area contributed by atoms with Crippen LogP contribution >= 0.6 is 11.3 Å². The maximum absolute atomic E-state index is 12.4. The van der Waals surface area contributed by atoms with Gasteiger partial charge in [0.15, 0.2) is 0 Å². The van der Waals surface area contributed by atoms with E-state index in [0.29, 0.717) is 10.6 Å². The molecule has 1 aromatic carbocycles. The van der Waals surface area contributed by atoms with Gasteiger partial charge in [0, 0.05) is 10.1 Å². The Morgan fingerprint density at radius 2 is 2.19 bits per heavy atom. The number of rotatable bonds is 3. The van der Waals surface area contributed by atoms with Gasteiger partial charge in [0.2, 0.25) is 0 Å². The number of carbonyl (C=O) groups excluding carboxylic acids is 1. The van der Waals surface area contributed by atoms with Gasteiger partial charge >= 0.3 is 0 Å². The van der Waals surface area contributed by atoms with Gasteiger partial charge in [-0.15, -0.1) is 11.3 Å². The number of fused-ring (bicyclic) bond motifs is 1. The average molecular weight is 300 g/mol. The number of nitrogen functional groups attached to an aromatic ring is 1. The number of carbonyl (C=O) groups is 1. The summed E-state index contributed by atoms with van der Waals surface area (Å²) < 4.78 is 6.33. The lowest BCUT2D eigenvalue weighted by Gasteiger charge is -2.10. The molecular formula is C16H16N2O2S. The van der Waals surface area contributed by atoms with Crippen LogP contribution < -0.4 is 11.1 Å². The van der Waals surface area contributed by atoms with Crippen molar-refractivity contribution < 1.29 is 9.21 Å². The Morgan fingerprint density at radius 1 is 1.38 bits per heavy atom. The molecule has 3 N–H and O–H groups in total. The summed E-state index contributed by atoms with van der Waals surface area (Å²) in [5.41, 5.74) is 7.80. The molecule has 3 aromatic rings. The summed E-state index contributed by atoms with van der Waals surface area (Å²) >= 11 is 1.42. The molecule has 0 saturated heterocycles. The van der Waals surface area contributed by atoms with Gasteiger partial charge in [-0.25, -0.2) is 0 Å². The van der Waals surface area contributed by atoms with Gasteiger partial charge in [-0.3, -0.25) is 4.79 Å². The van der Waals surface area contributed by atoms with E-state index < -0.39 is 0 Å². The summed E-state index contributed by atoms with van der Waals surface area (Å²) in [7, 11) is 0. The Balaban J connectivity index is 1.89. The number of furan rings is 1. The van der Waals surface area contributed by atoms with Gasteiger partial charge in [-0.1, -0.05) is 12.1 Å². The fraction of sp³-hybridized carbons (Fsp3) is 0.188. The highest BCUT2D eigenvalue weighted by atomic mass is 32.1. The Hall–Kier alpha value is -2.27. The predicted octanol–water partition coefficient (Wildman–Crippen LogP) is 3.88. The first kappa shape index (κ1) is 13.7. The second kappa shape index (κ2) is 5.26. The first-order valence-electron chi connectivity index (χ1n) is 6.69. The van der Waals surface area contributed by atoms with E-state index in [9.17, 15) is 4.79 Å². The highest BCUT2D eigenvalue weighted by Gasteiger charge is 2.19. The van der Waals surface area contributed by atoms with Crippen LogP contribution in [0.3, 0.4) is 0 Å². The zero-order chi connectivity index (χ0) is 15.0. The average Bonchev–Trinajstić information content (AvgIpc) is 3.07. The van der Waals surface area contributed by atoms with E-state index in [0.717, 1.165) is 21.4 Å². The molecule has 0 bridgehead atoms. The van der Waals surface area contributed by atoms with Crippen LogP contribution in [0.5, 0.6) is 0 Å². The number of thiophene rings is 1. The molecule has 21 heavy (non-hydrogen) atoms. The maximum atomic E-state index is 12.4. The lowest BCUT2D eigenvalue weighted by atomic mass is 10.1. The molecule has 0 fully saturated rings. The summed E-state index contributed by atoms with van der Waals surface area (Å²) in [6.07, 6.45) is 1.59. The molecule has 1 atom stereocenters. The molecule has 0 aliphatic rings. The minimum atomic E-state index is -0.196. The Morgan fingerprint density at radius 3 is 2.90 bits per heavy atom. The van der Waals surface area contributed by atoms with E-state index in [-0.39, 0.29) is 11.9 Å². The van der Waals surface area contributed by atoms with Crippen molar-refractivity contribution in [3.63, 3.8) is 0 Å². The van der Waals surface area contributed by atoms with Crippen molar-refractivity contribution in [2.75, 3.05) is 5.73 Å². The second-order valence-electron chi connectivity index (χ2n) is 5.06. The van der Waals surface area contributed by atoms with Gasteiger partial charge in [0.05, 0.1) is 18.0 Å². The predicted molar refractivity (Wildman–Crippen MR) is 85.6 cm³/mol. The van der Waals surface area contributed by atoms with Gasteiger partial charge in [-0.2, -0.15) is 0 Å². The Bertz CT molecular complexity index is 790. The van der Waals surface area contributed by atoms with E-state index in [1.165, 1.54) is 11.3 Å². The number of hydrogen-bond donors (Lipinski definition) is 2. The number of benzene rings is 1. The lowest BCUT2D eigenvalue weighted by Crippen LogP contribution is -2.26. The monoisotopic (exact) mass is 300 g/mol. The van der Waals surface area contributed by atoms with Gasteiger partial charge in [0.1, 0.15) is 10.6 Å². The molecule has 0 aliphatic heterocycles. The summed E-state index contributed by atoms with van der Waals surface area (Å²) in [6.45, 7) is 3.90. The summed E-state index contributed by atoms with van der Waals surface area (Å²) in [5, 5.41) is 3.84. The van der Waals surface area contributed by atoms with E-state index >= 15 is 0 Å². The third-order valence-electron chi connectivity index (χ3n) is 3.41.